The van der Waals surface area contributed by atoms with Crippen molar-refractivity contribution in [2.75, 3.05) is 63.9 Å². The van der Waals surface area contributed by atoms with E-state index in [0.29, 0.717) is 67.9 Å². The number of benzene rings is 2. The Bertz CT molecular complexity index is 1460. The monoisotopic (exact) mass is 553 g/mol. The molecule has 0 radical (unpaired) electrons. The predicted molar refractivity (Wildman–Crippen MR) is 146 cm³/mol. The Hall–Kier alpha value is -3.90. The highest BCUT2D eigenvalue weighted by molar-refractivity contribution is 7.89. The standard InChI is InChI=1S/C27H31N5O6S/c1-18(33)32-10-9-19-15-21(5-7-23(19)32)39(34,35)31-13-11-30(12-14-31)26-8-6-22(28-29-26)20-16-24(36-2)27(38-4)25(17-20)37-3/h5-8,15-17H,9-14H2,1-4H3. The van der Waals surface area contributed by atoms with Crippen LogP contribution in [0, 0.1) is 0 Å². The fourth-order valence-corrected chi connectivity index (χ4v) is 6.52. The van der Waals surface area contributed by atoms with Gasteiger partial charge in [-0.1, -0.05) is 0 Å². The molecule has 12 heteroatoms. The molecule has 5 rings (SSSR count). The summed E-state index contributed by atoms with van der Waals surface area (Å²) >= 11 is 0. The molecule has 206 valence electrons. The first-order valence-corrected chi connectivity index (χ1v) is 14.0. The van der Waals surface area contributed by atoms with Crippen molar-refractivity contribution in [2.24, 2.45) is 0 Å². The minimum atomic E-state index is -3.66. The van der Waals surface area contributed by atoms with Gasteiger partial charge in [0.2, 0.25) is 21.7 Å². The number of fused-ring (bicyclic) bond motifs is 1. The molecule has 0 N–H and O–H groups in total. The quantitative estimate of drug-likeness (QED) is 0.435. The molecule has 0 atom stereocenters. The maximum Gasteiger partial charge on any atom is 0.243 e. The maximum atomic E-state index is 13.4. The van der Waals surface area contributed by atoms with Crippen LogP contribution in [0.4, 0.5) is 11.5 Å². The van der Waals surface area contributed by atoms with Gasteiger partial charge >= 0.3 is 0 Å². The van der Waals surface area contributed by atoms with Gasteiger partial charge in [-0.25, -0.2) is 8.42 Å². The third kappa shape index (κ3) is 4.97. The third-order valence-electron chi connectivity index (χ3n) is 7.14. The van der Waals surface area contributed by atoms with Gasteiger partial charge in [-0.2, -0.15) is 4.31 Å². The summed E-state index contributed by atoms with van der Waals surface area (Å²) in [5, 5.41) is 8.80. The van der Waals surface area contributed by atoms with Crippen LogP contribution in [0.3, 0.4) is 0 Å². The SMILES string of the molecule is COc1cc(-c2ccc(N3CCN(S(=O)(=O)c4ccc5c(c4)CCN5C(C)=O)CC3)nn2)cc(OC)c1OC. The molecule has 1 amide bonds. The van der Waals surface area contributed by atoms with Crippen LogP contribution in [-0.4, -0.2) is 82.9 Å². The lowest BCUT2D eigenvalue weighted by Crippen LogP contribution is -2.49. The summed E-state index contributed by atoms with van der Waals surface area (Å²) in [7, 11) is 1.01. The highest BCUT2D eigenvalue weighted by Gasteiger charge is 2.31. The normalized spacial score (nSPS) is 15.7. The van der Waals surface area contributed by atoms with Crippen molar-refractivity contribution < 1.29 is 27.4 Å². The van der Waals surface area contributed by atoms with Gasteiger partial charge in [0.25, 0.3) is 0 Å². The Morgan fingerprint density at radius 3 is 2.10 bits per heavy atom. The highest BCUT2D eigenvalue weighted by atomic mass is 32.2. The molecule has 1 saturated heterocycles. The Morgan fingerprint density at radius 2 is 1.54 bits per heavy atom. The zero-order chi connectivity index (χ0) is 27.7. The number of carbonyl (C=O) groups excluding carboxylic acids is 1. The number of rotatable bonds is 7. The molecule has 0 aliphatic carbocycles. The Labute approximate surface area is 227 Å². The van der Waals surface area contributed by atoms with E-state index >= 15 is 0 Å². The van der Waals surface area contributed by atoms with Crippen molar-refractivity contribution in [3.05, 3.63) is 48.0 Å². The van der Waals surface area contributed by atoms with E-state index in [0.717, 1.165) is 16.8 Å². The second-order valence-electron chi connectivity index (χ2n) is 9.29. The first-order valence-electron chi connectivity index (χ1n) is 12.6. The lowest BCUT2D eigenvalue weighted by Gasteiger charge is -2.34. The van der Waals surface area contributed by atoms with Crippen LogP contribution < -0.4 is 24.0 Å². The van der Waals surface area contributed by atoms with Crippen LogP contribution >= 0.6 is 0 Å². The summed E-state index contributed by atoms with van der Waals surface area (Å²) < 4.78 is 44.5. The smallest absolute Gasteiger partial charge is 0.243 e. The van der Waals surface area contributed by atoms with E-state index < -0.39 is 10.0 Å². The molecule has 2 aliphatic rings. The zero-order valence-electron chi connectivity index (χ0n) is 22.4. The fourth-order valence-electron chi connectivity index (χ4n) is 5.05. The van der Waals surface area contributed by atoms with Crippen molar-refractivity contribution in [1.82, 2.24) is 14.5 Å². The molecule has 0 saturated carbocycles. The predicted octanol–water partition coefficient (Wildman–Crippen LogP) is 2.59. The summed E-state index contributed by atoms with van der Waals surface area (Å²) in [6.07, 6.45) is 0.650. The van der Waals surface area contributed by atoms with Crippen molar-refractivity contribution in [2.45, 2.75) is 18.2 Å². The molecular weight excluding hydrogens is 522 g/mol. The van der Waals surface area contributed by atoms with Gasteiger partial charge in [-0.15, -0.1) is 10.2 Å². The molecule has 0 unspecified atom stereocenters. The molecule has 1 aromatic heterocycles. The van der Waals surface area contributed by atoms with Gasteiger partial charge in [0, 0.05) is 50.9 Å². The van der Waals surface area contributed by atoms with E-state index in [1.54, 1.807) is 44.4 Å². The number of hydrogen-bond acceptors (Lipinski definition) is 9. The van der Waals surface area contributed by atoms with Gasteiger partial charge in [0.05, 0.1) is 31.9 Å². The van der Waals surface area contributed by atoms with Crippen LogP contribution in [0.2, 0.25) is 0 Å². The molecular formula is C27H31N5O6S. The van der Waals surface area contributed by atoms with E-state index in [4.69, 9.17) is 14.2 Å². The van der Waals surface area contributed by atoms with Crippen LogP contribution in [0.25, 0.3) is 11.3 Å². The zero-order valence-corrected chi connectivity index (χ0v) is 23.2. The lowest BCUT2D eigenvalue weighted by atomic mass is 10.1. The summed E-state index contributed by atoms with van der Waals surface area (Å²) in [5.74, 6) is 2.17. The second kappa shape index (κ2) is 10.7. The van der Waals surface area contributed by atoms with E-state index in [2.05, 4.69) is 10.2 Å². The number of hydrogen-bond donors (Lipinski definition) is 0. The van der Waals surface area contributed by atoms with Gasteiger partial charge < -0.3 is 24.0 Å². The lowest BCUT2D eigenvalue weighted by molar-refractivity contribution is -0.116. The number of aromatic nitrogens is 2. The van der Waals surface area contributed by atoms with Crippen LogP contribution in [0.1, 0.15) is 12.5 Å². The average molecular weight is 554 g/mol. The maximum absolute atomic E-state index is 13.4. The fraction of sp³-hybridized carbons (Fsp3) is 0.370. The molecule has 11 nitrogen and oxygen atoms in total. The van der Waals surface area contributed by atoms with Crippen LogP contribution in [0.5, 0.6) is 17.2 Å². The molecule has 1 fully saturated rings. The first kappa shape index (κ1) is 26.7. The number of methoxy groups -OCH3 is 3. The number of nitrogens with zero attached hydrogens (tertiary/aromatic N) is 5. The van der Waals surface area contributed by atoms with Crippen molar-refractivity contribution >= 4 is 27.4 Å². The molecule has 0 spiro atoms. The number of ether oxygens (including phenoxy) is 3. The molecule has 39 heavy (non-hydrogen) atoms. The number of sulfonamides is 1. The van der Waals surface area contributed by atoms with E-state index in [1.165, 1.54) is 11.2 Å². The highest BCUT2D eigenvalue weighted by Crippen LogP contribution is 2.41. The Kier molecular flexibility index (Phi) is 7.32. The number of amides is 1. The van der Waals surface area contributed by atoms with Crippen molar-refractivity contribution in [1.29, 1.82) is 0 Å². The van der Waals surface area contributed by atoms with Crippen LogP contribution in [0.15, 0.2) is 47.4 Å². The molecule has 3 heterocycles. The van der Waals surface area contributed by atoms with Gasteiger partial charge in [-0.05, 0) is 54.4 Å². The van der Waals surface area contributed by atoms with Crippen LogP contribution in [-0.2, 0) is 21.2 Å². The first-order chi connectivity index (χ1) is 18.8. The van der Waals surface area contributed by atoms with E-state index in [-0.39, 0.29) is 10.8 Å². The third-order valence-corrected chi connectivity index (χ3v) is 9.03. The second-order valence-corrected chi connectivity index (χ2v) is 11.2. The molecule has 3 aromatic rings. The summed E-state index contributed by atoms with van der Waals surface area (Å²) in [6, 6.07) is 12.4. The Morgan fingerprint density at radius 1 is 0.846 bits per heavy atom. The summed E-state index contributed by atoms with van der Waals surface area (Å²) in [5.41, 5.74) is 3.08. The van der Waals surface area contributed by atoms with Gasteiger partial charge in [-0.3, -0.25) is 4.79 Å². The number of piperazine rings is 1. The van der Waals surface area contributed by atoms with Gasteiger partial charge in [0.15, 0.2) is 17.3 Å². The Balaban J connectivity index is 1.27. The molecule has 2 aromatic carbocycles. The number of carbonyl (C=O) groups is 1. The summed E-state index contributed by atoms with van der Waals surface area (Å²) in [4.78, 5) is 15.8. The van der Waals surface area contributed by atoms with Crippen molar-refractivity contribution in [3.8, 4) is 28.5 Å². The van der Waals surface area contributed by atoms with E-state index in [9.17, 15) is 13.2 Å². The summed E-state index contributed by atoms with van der Waals surface area (Å²) in [6.45, 7) is 3.72. The minimum Gasteiger partial charge on any atom is -0.493 e. The minimum absolute atomic E-state index is 0.0416. The molecule has 2 aliphatic heterocycles. The topological polar surface area (TPSA) is 114 Å². The van der Waals surface area contributed by atoms with Crippen molar-refractivity contribution in [3.63, 3.8) is 0 Å². The molecule has 0 bridgehead atoms. The average Bonchev–Trinajstić information content (AvgIpc) is 3.40. The number of anilines is 2. The van der Waals surface area contributed by atoms with E-state index in [1.807, 2.05) is 29.2 Å². The largest absolute Gasteiger partial charge is 0.493 e. The van der Waals surface area contributed by atoms with Gasteiger partial charge in [0.1, 0.15) is 0 Å².